The minimum atomic E-state index is -0.346. The summed E-state index contributed by atoms with van der Waals surface area (Å²) in [5, 5.41) is 0.600. The van der Waals surface area contributed by atoms with Crippen molar-refractivity contribution in [2.24, 2.45) is 0 Å². The van der Waals surface area contributed by atoms with Gasteiger partial charge >= 0.3 is 0 Å². The third kappa shape index (κ3) is 2.12. The van der Waals surface area contributed by atoms with Crippen LogP contribution in [0.15, 0.2) is 40.9 Å². The number of nitrogens with zero attached hydrogens (tertiary/aromatic N) is 1. The van der Waals surface area contributed by atoms with Crippen molar-refractivity contribution in [1.82, 2.24) is 9.55 Å². The van der Waals surface area contributed by atoms with Gasteiger partial charge in [-0.3, -0.25) is 4.57 Å². The smallest absolute Gasteiger partial charge is 0.182 e. The number of aromatic nitrogens is 2. The van der Waals surface area contributed by atoms with Crippen molar-refractivity contribution in [3.63, 3.8) is 0 Å². The second kappa shape index (κ2) is 4.74. The second-order valence-corrected chi connectivity index (χ2v) is 5.67. The number of fused-ring (bicyclic) bond motifs is 1. The monoisotopic (exact) mass is 356 g/mol. The van der Waals surface area contributed by atoms with E-state index in [1.807, 2.05) is 6.07 Å². The molecule has 0 spiro atoms. The Morgan fingerprint density at radius 3 is 2.79 bits per heavy atom. The summed E-state index contributed by atoms with van der Waals surface area (Å²) in [5.41, 5.74) is 1.94. The summed E-state index contributed by atoms with van der Waals surface area (Å²) in [7, 11) is 0. The molecular weight excluding hydrogens is 351 g/mol. The van der Waals surface area contributed by atoms with Gasteiger partial charge in [0.1, 0.15) is 5.82 Å². The lowest BCUT2D eigenvalue weighted by Crippen LogP contribution is -1.98. The van der Waals surface area contributed by atoms with Crippen LogP contribution in [0.25, 0.3) is 16.7 Å². The number of H-pyrrole nitrogens is 1. The van der Waals surface area contributed by atoms with Gasteiger partial charge in [-0.15, -0.1) is 0 Å². The topological polar surface area (TPSA) is 20.7 Å². The standard InChI is InChI=1S/C13H7BrClFN2S/c14-8-2-1-3-9(16)12(8)18-11-5-4-7(15)6-10(11)17-13(18)19/h1-6H,(H,17,19). The average molecular weight is 358 g/mol. The fourth-order valence-electron chi connectivity index (χ4n) is 2.01. The second-order valence-electron chi connectivity index (χ2n) is 4.00. The minimum absolute atomic E-state index is 0.346. The summed E-state index contributed by atoms with van der Waals surface area (Å²) in [6.07, 6.45) is 0. The van der Waals surface area contributed by atoms with Gasteiger partial charge in [0.25, 0.3) is 0 Å². The molecule has 1 N–H and O–H groups in total. The third-order valence-corrected chi connectivity index (χ3v) is 3.96. The molecule has 0 bridgehead atoms. The molecule has 0 saturated carbocycles. The van der Waals surface area contributed by atoms with Gasteiger partial charge in [-0.1, -0.05) is 17.7 Å². The van der Waals surface area contributed by atoms with Gasteiger partial charge in [-0.05, 0) is 58.5 Å². The normalized spacial score (nSPS) is 11.1. The Bertz CT molecular complexity index is 820. The number of hydrogen-bond acceptors (Lipinski definition) is 1. The van der Waals surface area contributed by atoms with Crippen molar-refractivity contribution < 1.29 is 4.39 Å². The van der Waals surface area contributed by atoms with E-state index in [9.17, 15) is 4.39 Å². The first-order valence-electron chi connectivity index (χ1n) is 5.42. The highest BCUT2D eigenvalue weighted by atomic mass is 79.9. The summed E-state index contributed by atoms with van der Waals surface area (Å²) in [5.74, 6) is -0.346. The fraction of sp³-hybridized carbons (Fsp3) is 0. The SMILES string of the molecule is Fc1cccc(Br)c1-n1c(=S)[nH]c2cc(Cl)ccc21. The summed E-state index contributed by atoms with van der Waals surface area (Å²) >= 11 is 14.6. The summed E-state index contributed by atoms with van der Waals surface area (Å²) in [6, 6.07) is 10.1. The van der Waals surface area contributed by atoms with E-state index in [1.54, 1.807) is 28.8 Å². The van der Waals surface area contributed by atoms with Gasteiger partial charge in [-0.25, -0.2) is 4.39 Å². The van der Waals surface area contributed by atoms with Crippen LogP contribution in [-0.4, -0.2) is 9.55 Å². The number of aromatic amines is 1. The molecule has 0 aliphatic rings. The van der Waals surface area contributed by atoms with Crippen LogP contribution in [0.5, 0.6) is 0 Å². The number of benzene rings is 2. The van der Waals surface area contributed by atoms with Gasteiger partial charge in [0, 0.05) is 9.50 Å². The Hall–Kier alpha value is -1.17. The number of nitrogens with one attached hydrogen (secondary N) is 1. The summed E-state index contributed by atoms with van der Waals surface area (Å²) in [4.78, 5) is 3.03. The van der Waals surface area contributed by atoms with Crippen LogP contribution >= 0.6 is 39.7 Å². The average Bonchev–Trinajstić information content (AvgIpc) is 2.65. The number of rotatable bonds is 1. The Morgan fingerprint density at radius 2 is 2.05 bits per heavy atom. The molecule has 19 heavy (non-hydrogen) atoms. The number of imidazole rings is 1. The van der Waals surface area contributed by atoms with Crippen molar-refractivity contribution >= 4 is 50.8 Å². The lowest BCUT2D eigenvalue weighted by molar-refractivity contribution is 0.617. The van der Waals surface area contributed by atoms with Crippen molar-refractivity contribution in [3.8, 4) is 5.69 Å². The summed E-state index contributed by atoms with van der Waals surface area (Å²) in [6.45, 7) is 0. The molecule has 2 aromatic carbocycles. The van der Waals surface area contributed by atoms with E-state index in [-0.39, 0.29) is 5.82 Å². The van der Waals surface area contributed by atoms with Crippen LogP contribution in [0.1, 0.15) is 0 Å². The molecule has 1 aromatic heterocycles. The van der Waals surface area contributed by atoms with Crippen LogP contribution in [0.4, 0.5) is 4.39 Å². The highest BCUT2D eigenvalue weighted by molar-refractivity contribution is 9.10. The van der Waals surface area contributed by atoms with Gasteiger partial charge in [0.2, 0.25) is 0 Å². The van der Waals surface area contributed by atoms with E-state index < -0.39 is 0 Å². The fourth-order valence-corrected chi connectivity index (χ4v) is 3.00. The Morgan fingerprint density at radius 1 is 1.26 bits per heavy atom. The van der Waals surface area contributed by atoms with Crippen LogP contribution in [0.2, 0.25) is 5.02 Å². The molecule has 0 aliphatic carbocycles. The van der Waals surface area contributed by atoms with Crippen LogP contribution in [0, 0.1) is 10.6 Å². The molecule has 0 saturated heterocycles. The predicted molar refractivity (Wildman–Crippen MR) is 81.1 cm³/mol. The van der Waals surface area contributed by atoms with Crippen molar-refractivity contribution in [3.05, 3.63) is 56.5 Å². The van der Waals surface area contributed by atoms with E-state index in [4.69, 9.17) is 23.8 Å². The predicted octanol–water partition coefficient (Wildman–Crippen LogP) is 5.24. The minimum Gasteiger partial charge on any atom is -0.330 e. The zero-order chi connectivity index (χ0) is 13.6. The van der Waals surface area contributed by atoms with Crippen LogP contribution in [-0.2, 0) is 0 Å². The molecule has 0 radical (unpaired) electrons. The molecule has 6 heteroatoms. The zero-order valence-corrected chi connectivity index (χ0v) is 12.6. The van der Waals surface area contributed by atoms with E-state index in [0.29, 0.717) is 20.0 Å². The highest BCUT2D eigenvalue weighted by Crippen LogP contribution is 2.29. The first-order valence-corrected chi connectivity index (χ1v) is 7.00. The Labute approximate surface area is 127 Å². The van der Waals surface area contributed by atoms with E-state index in [2.05, 4.69) is 20.9 Å². The molecule has 0 atom stereocenters. The van der Waals surface area contributed by atoms with E-state index in [0.717, 1.165) is 11.0 Å². The lowest BCUT2D eigenvalue weighted by Gasteiger charge is -2.08. The Balaban J connectivity index is 2.43. The van der Waals surface area contributed by atoms with Gasteiger partial charge in [0.05, 0.1) is 16.7 Å². The molecule has 0 fully saturated rings. The van der Waals surface area contributed by atoms with Crippen LogP contribution in [0.3, 0.4) is 0 Å². The maximum absolute atomic E-state index is 14.1. The van der Waals surface area contributed by atoms with Crippen molar-refractivity contribution in [1.29, 1.82) is 0 Å². The first-order chi connectivity index (χ1) is 9.08. The highest BCUT2D eigenvalue weighted by Gasteiger charge is 2.13. The third-order valence-electron chi connectivity index (χ3n) is 2.81. The lowest BCUT2D eigenvalue weighted by atomic mass is 10.2. The molecule has 3 rings (SSSR count). The zero-order valence-electron chi connectivity index (χ0n) is 9.45. The van der Waals surface area contributed by atoms with Gasteiger partial charge in [0.15, 0.2) is 4.77 Å². The van der Waals surface area contributed by atoms with Crippen molar-refractivity contribution in [2.75, 3.05) is 0 Å². The number of halogens is 3. The molecule has 0 unspecified atom stereocenters. The van der Waals surface area contributed by atoms with E-state index in [1.165, 1.54) is 6.07 Å². The van der Waals surface area contributed by atoms with Gasteiger partial charge in [-0.2, -0.15) is 0 Å². The summed E-state index contributed by atoms with van der Waals surface area (Å²) < 4.78 is 16.8. The maximum atomic E-state index is 14.1. The molecule has 1 heterocycles. The molecule has 96 valence electrons. The van der Waals surface area contributed by atoms with E-state index >= 15 is 0 Å². The Kier molecular flexibility index (Phi) is 3.20. The largest absolute Gasteiger partial charge is 0.330 e. The first kappa shape index (κ1) is 12.8. The maximum Gasteiger partial charge on any atom is 0.182 e. The number of para-hydroxylation sites is 1. The quantitative estimate of drug-likeness (QED) is 0.590. The molecule has 0 amide bonds. The molecule has 0 aliphatic heterocycles. The number of hydrogen-bond donors (Lipinski definition) is 1. The van der Waals surface area contributed by atoms with Gasteiger partial charge < -0.3 is 4.98 Å². The van der Waals surface area contributed by atoms with Crippen molar-refractivity contribution in [2.45, 2.75) is 0 Å². The molecule has 3 aromatic rings. The molecule has 2 nitrogen and oxygen atoms in total. The molecular formula is C13H7BrClFN2S. The van der Waals surface area contributed by atoms with Crippen LogP contribution < -0.4 is 0 Å².